The Morgan fingerprint density at radius 3 is 2.82 bits per heavy atom. The molecule has 0 N–H and O–H groups in total. The number of hydrogen-bond acceptors (Lipinski definition) is 5. The van der Waals surface area contributed by atoms with Crippen molar-refractivity contribution in [1.82, 2.24) is 10.1 Å². The molecule has 0 bridgehead atoms. The maximum Gasteiger partial charge on any atom is 0.237 e. The van der Waals surface area contributed by atoms with E-state index < -0.39 is 0 Å². The highest BCUT2D eigenvalue weighted by Gasteiger charge is 2.36. The molecule has 1 aliphatic carbocycles. The third kappa shape index (κ3) is 2.54. The first kappa shape index (κ1) is 12.2. The first-order chi connectivity index (χ1) is 8.17. The van der Waals surface area contributed by atoms with Crippen LogP contribution in [0.25, 0.3) is 0 Å². The summed E-state index contributed by atoms with van der Waals surface area (Å²) >= 11 is 0. The van der Waals surface area contributed by atoms with Gasteiger partial charge in [-0.1, -0.05) is 12.1 Å². The molecular formula is C12H18N2O3. The van der Waals surface area contributed by atoms with E-state index in [4.69, 9.17) is 9.26 Å². The van der Waals surface area contributed by atoms with Gasteiger partial charge in [0.05, 0.1) is 5.92 Å². The van der Waals surface area contributed by atoms with Crippen LogP contribution in [0, 0.1) is 5.92 Å². The molecule has 1 aromatic rings. The Morgan fingerprint density at radius 1 is 1.59 bits per heavy atom. The lowest BCUT2D eigenvalue weighted by molar-refractivity contribution is -0.120. The van der Waals surface area contributed by atoms with Gasteiger partial charge >= 0.3 is 0 Å². The number of Topliss-reactive ketones (excluding diaryl/α,β-unsaturated/α-hetero) is 1. The fraction of sp³-hybridized carbons (Fsp3) is 0.750. The van der Waals surface area contributed by atoms with Crippen molar-refractivity contribution in [3.8, 4) is 0 Å². The molecule has 0 radical (unpaired) electrons. The van der Waals surface area contributed by atoms with E-state index in [9.17, 15) is 4.79 Å². The maximum absolute atomic E-state index is 11.5. The Hall–Kier alpha value is -1.23. The summed E-state index contributed by atoms with van der Waals surface area (Å²) in [5.41, 5.74) is 0. The van der Waals surface area contributed by atoms with Crippen LogP contribution in [0.15, 0.2) is 4.52 Å². The largest absolute Gasteiger partial charge is 0.373 e. The Morgan fingerprint density at radius 2 is 2.29 bits per heavy atom. The molecular weight excluding hydrogens is 220 g/mol. The van der Waals surface area contributed by atoms with Crippen LogP contribution < -0.4 is 0 Å². The highest BCUT2D eigenvalue weighted by molar-refractivity contribution is 5.83. The summed E-state index contributed by atoms with van der Waals surface area (Å²) in [4.78, 5) is 15.8. The SMILES string of the molecule is CCC(=O)C(C)c1nc(C(OC)C2CC2)no1. The maximum atomic E-state index is 11.5. The minimum Gasteiger partial charge on any atom is -0.373 e. The number of carbonyl (C=O) groups is 1. The van der Waals surface area contributed by atoms with E-state index in [1.54, 1.807) is 14.0 Å². The van der Waals surface area contributed by atoms with E-state index in [1.165, 1.54) is 0 Å². The molecule has 94 valence electrons. The van der Waals surface area contributed by atoms with Crippen LogP contribution in [-0.2, 0) is 9.53 Å². The van der Waals surface area contributed by atoms with E-state index in [0.717, 1.165) is 12.8 Å². The molecule has 1 fully saturated rings. The van der Waals surface area contributed by atoms with Gasteiger partial charge in [0.1, 0.15) is 11.9 Å². The summed E-state index contributed by atoms with van der Waals surface area (Å²) in [5.74, 6) is 1.26. The van der Waals surface area contributed by atoms with E-state index in [2.05, 4.69) is 10.1 Å². The second-order valence-electron chi connectivity index (χ2n) is 4.53. The first-order valence-electron chi connectivity index (χ1n) is 6.06. The van der Waals surface area contributed by atoms with Crippen molar-refractivity contribution in [2.24, 2.45) is 5.92 Å². The highest BCUT2D eigenvalue weighted by Crippen LogP contribution is 2.42. The normalized spacial score (nSPS) is 19.0. The number of hydrogen-bond donors (Lipinski definition) is 0. The Balaban J connectivity index is 2.11. The van der Waals surface area contributed by atoms with E-state index in [-0.39, 0.29) is 17.8 Å². The summed E-state index contributed by atoms with van der Waals surface area (Å²) in [7, 11) is 1.65. The molecule has 2 atom stereocenters. The van der Waals surface area contributed by atoms with Gasteiger partial charge in [0.15, 0.2) is 0 Å². The fourth-order valence-electron chi connectivity index (χ4n) is 1.89. The minimum absolute atomic E-state index is 0.0866. The zero-order valence-electron chi connectivity index (χ0n) is 10.5. The number of nitrogens with zero attached hydrogens (tertiary/aromatic N) is 2. The van der Waals surface area contributed by atoms with Gasteiger partial charge in [-0.05, 0) is 25.7 Å². The predicted octanol–water partition coefficient (Wildman–Crippen LogP) is 2.25. The lowest BCUT2D eigenvalue weighted by Gasteiger charge is -2.08. The molecule has 0 aliphatic heterocycles. The van der Waals surface area contributed by atoms with Gasteiger partial charge in [-0.2, -0.15) is 4.98 Å². The monoisotopic (exact) mass is 238 g/mol. The van der Waals surface area contributed by atoms with Crippen LogP contribution in [-0.4, -0.2) is 23.0 Å². The summed E-state index contributed by atoms with van der Waals surface area (Å²) in [6, 6.07) is 0. The van der Waals surface area contributed by atoms with E-state index in [1.807, 2.05) is 6.92 Å². The van der Waals surface area contributed by atoms with Crippen LogP contribution in [0.1, 0.15) is 56.8 Å². The van der Waals surface area contributed by atoms with Crippen LogP contribution >= 0.6 is 0 Å². The zero-order chi connectivity index (χ0) is 12.4. The van der Waals surface area contributed by atoms with Crippen molar-refractivity contribution in [2.75, 3.05) is 7.11 Å². The van der Waals surface area contributed by atoms with Crippen molar-refractivity contribution in [1.29, 1.82) is 0 Å². The number of methoxy groups -OCH3 is 1. The number of ketones is 1. The van der Waals surface area contributed by atoms with Crippen molar-refractivity contribution in [3.05, 3.63) is 11.7 Å². The first-order valence-corrected chi connectivity index (χ1v) is 6.06. The lowest BCUT2D eigenvalue weighted by atomic mass is 10.1. The summed E-state index contributed by atoms with van der Waals surface area (Å²) in [5, 5.41) is 3.92. The third-order valence-electron chi connectivity index (χ3n) is 3.22. The van der Waals surface area contributed by atoms with E-state index in [0.29, 0.717) is 24.1 Å². The van der Waals surface area contributed by atoms with Gasteiger partial charge in [0.2, 0.25) is 11.7 Å². The molecule has 2 unspecified atom stereocenters. The molecule has 17 heavy (non-hydrogen) atoms. The van der Waals surface area contributed by atoms with Gasteiger partial charge in [0.25, 0.3) is 0 Å². The molecule has 1 heterocycles. The van der Waals surface area contributed by atoms with Gasteiger partial charge in [-0.25, -0.2) is 0 Å². The molecule has 0 saturated heterocycles. The van der Waals surface area contributed by atoms with Gasteiger partial charge in [-0.15, -0.1) is 0 Å². The predicted molar refractivity (Wildman–Crippen MR) is 60.5 cm³/mol. The average molecular weight is 238 g/mol. The molecule has 2 rings (SSSR count). The Bertz CT molecular complexity index is 398. The average Bonchev–Trinajstić information content (AvgIpc) is 3.06. The van der Waals surface area contributed by atoms with Crippen LogP contribution in [0.3, 0.4) is 0 Å². The molecule has 5 heteroatoms. The van der Waals surface area contributed by atoms with Crippen LogP contribution in [0.2, 0.25) is 0 Å². The van der Waals surface area contributed by atoms with Crippen LogP contribution in [0.5, 0.6) is 0 Å². The van der Waals surface area contributed by atoms with Gasteiger partial charge in [0, 0.05) is 13.5 Å². The van der Waals surface area contributed by atoms with E-state index >= 15 is 0 Å². The minimum atomic E-state index is -0.321. The summed E-state index contributed by atoms with van der Waals surface area (Å²) in [6.07, 6.45) is 2.68. The van der Waals surface area contributed by atoms with Crippen molar-refractivity contribution < 1.29 is 14.1 Å². The molecule has 5 nitrogen and oxygen atoms in total. The standard InChI is InChI=1S/C12H18N2O3/c1-4-9(15)7(2)12-13-11(14-17-12)10(16-3)8-5-6-8/h7-8,10H,4-6H2,1-3H3. The highest BCUT2D eigenvalue weighted by atomic mass is 16.5. The molecule has 1 aliphatic rings. The fourth-order valence-corrected chi connectivity index (χ4v) is 1.89. The van der Waals surface area contributed by atoms with Gasteiger partial charge < -0.3 is 9.26 Å². The third-order valence-corrected chi connectivity index (χ3v) is 3.22. The van der Waals surface area contributed by atoms with Crippen molar-refractivity contribution >= 4 is 5.78 Å². The number of rotatable bonds is 6. The second kappa shape index (κ2) is 4.96. The zero-order valence-corrected chi connectivity index (χ0v) is 10.5. The number of carbonyl (C=O) groups excluding carboxylic acids is 1. The van der Waals surface area contributed by atoms with Gasteiger partial charge in [-0.3, -0.25) is 4.79 Å². The quantitative estimate of drug-likeness (QED) is 0.760. The van der Waals surface area contributed by atoms with Crippen molar-refractivity contribution in [3.63, 3.8) is 0 Å². The topological polar surface area (TPSA) is 65.2 Å². The van der Waals surface area contributed by atoms with Crippen molar-refractivity contribution in [2.45, 2.75) is 45.1 Å². The molecule has 1 aromatic heterocycles. The smallest absolute Gasteiger partial charge is 0.237 e. The molecule has 1 saturated carbocycles. The lowest BCUT2D eigenvalue weighted by Crippen LogP contribution is -2.09. The molecule has 0 amide bonds. The number of ether oxygens (including phenoxy) is 1. The summed E-state index contributed by atoms with van der Waals surface area (Å²) in [6.45, 7) is 3.63. The Kier molecular flexibility index (Phi) is 3.57. The van der Waals surface area contributed by atoms with Crippen LogP contribution in [0.4, 0.5) is 0 Å². The Labute approximate surface area is 101 Å². The number of aromatic nitrogens is 2. The molecule has 0 aromatic carbocycles. The second-order valence-corrected chi connectivity index (χ2v) is 4.53. The summed E-state index contributed by atoms with van der Waals surface area (Å²) < 4.78 is 10.5. The molecule has 0 spiro atoms.